The molecule has 1 heterocycles. The van der Waals surface area contributed by atoms with Crippen LogP contribution in [0.5, 0.6) is 0 Å². The first-order valence-corrected chi connectivity index (χ1v) is 9.26. The molecule has 0 aliphatic carbocycles. The first kappa shape index (κ1) is 20.0. The normalized spacial score (nSPS) is 11.0. The van der Waals surface area contributed by atoms with E-state index in [9.17, 15) is 14.9 Å². The zero-order valence-corrected chi connectivity index (χ0v) is 16.5. The first-order valence-electron chi connectivity index (χ1n) is 9.26. The SMILES string of the molecule is CCc1ccc(-n2c(C)cc(/C=N\NC(=O)c3cccc([N+](=O)[O-])c3)c2C)cc1. The zero-order valence-electron chi connectivity index (χ0n) is 16.5. The minimum atomic E-state index is -0.540. The van der Waals surface area contributed by atoms with Crippen molar-refractivity contribution in [2.75, 3.05) is 0 Å². The standard InChI is InChI=1S/C22H22N4O3/c1-4-17-8-10-20(11-9-17)25-15(2)12-19(16(25)3)14-23-24-22(27)18-6-5-7-21(13-18)26(28)29/h5-14H,4H2,1-3H3,(H,24,27)/b23-14-. The molecule has 0 bridgehead atoms. The number of amides is 1. The third-order valence-electron chi connectivity index (χ3n) is 4.76. The molecule has 7 nitrogen and oxygen atoms in total. The summed E-state index contributed by atoms with van der Waals surface area (Å²) in [5.41, 5.74) is 7.74. The molecule has 148 valence electrons. The molecular formula is C22H22N4O3. The van der Waals surface area contributed by atoms with Crippen molar-refractivity contribution in [1.29, 1.82) is 0 Å². The second kappa shape index (κ2) is 8.52. The lowest BCUT2D eigenvalue weighted by atomic mass is 10.1. The van der Waals surface area contributed by atoms with Crippen molar-refractivity contribution >= 4 is 17.8 Å². The van der Waals surface area contributed by atoms with Crippen molar-refractivity contribution < 1.29 is 9.72 Å². The third-order valence-corrected chi connectivity index (χ3v) is 4.76. The highest BCUT2D eigenvalue weighted by molar-refractivity contribution is 5.95. The number of carbonyl (C=O) groups is 1. The van der Waals surface area contributed by atoms with Crippen LogP contribution in [-0.2, 0) is 6.42 Å². The lowest BCUT2D eigenvalue weighted by molar-refractivity contribution is -0.384. The third kappa shape index (κ3) is 4.40. The predicted molar refractivity (Wildman–Crippen MR) is 113 cm³/mol. The fourth-order valence-corrected chi connectivity index (χ4v) is 3.18. The Morgan fingerprint density at radius 1 is 1.17 bits per heavy atom. The second-order valence-electron chi connectivity index (χ2n) is 6.69. The number of nitrogens with one attached hydrogen (secondary N) is 1. The molecule has 0 aliphatic heterocycles. The average molecular weight is 390 g/mol. The Bertz CT molecular complexity index is 1080. The van der Waals surface area contributed by atoms with Crippen molar-refractivity contribution in [2.24, 2.45) is 5.10 Å². The Morgan fingerprint density at radius 2 is 1.90 bits per heavy atom. The van der Waals surface area contributed by atoms with Gasteiger partial charge in [-0.1, -0.05) is 25.1 Å². The molecule has 0 saturated carbocycles. The Balaban J connectivity index is 1.76. The molecule has 1 aromatic heterocycles. The van der Waals surface area contributed by atoms with Crippen molar-refractivity contribution in [3.8, 4) is 5.69 Å². The van der Waals surface area contributed by atoms with Gasteiger partial charge in [0.1, 0.15) is 0 Å². The summed E-state index contributed by atoms with van der Waals surface area (Å²) in [4.78, 5) is 22.5. The van der Waals surface area contributed by atoms with Gasteiger partial charge in [0.15, 0.2) is 0 Å². The quantitative estimate of drug-likeness (QED) is 0.386. The lowest BCUT2D eigenvalue weighted by Crippen LogP contribution is -2.17. The number of aryl methyl sites for hydroxylation is 2. The first-order chi connectivity index (χ1) is 13.9. The molecule has 0 fully saturated rings. The number of nitro groups is 1. The molecule has 3 aromatic rings. The molecule has 1 N–H and O–H groups in total. The summed E-state index contributed by atoms with van der Waals surface area (Å²) >= 11 is 0. The number of nitrogens with zero attached hydrogens (tertiary/aromatic N) is 3. The average Bonchev–Trinajstić information content (AvgIpc) is 3.01. The van der Waals surface area contributed by atoms with Crippen LogP contribution in [0.25, 0.3) is 5.69 Å². The van der Waals surface area contributed by atoms with Crippen LogP contribution < -0.4 is 5.43 Å². The van der Waals surface area contributed by atoms with E-state index in [1.54, 1.807) is 6.21 Å². The predicted octanol–water partition coefficient (Wildman–Crippen LogP) is 4.33. The molecule has 1 amide bonds. The van der Waals surface area contributed by atoms with E-state index in [4.69, 9.17) is 0 Å². The molecule has 7 heteroatoms. The number of hydrogen-bond donors (Lipinski definition) is 1. The second-order valence-corrected chi connectivity index (χ2v) is 6.69. The number of non-ortho nitro benzene ring substituents is 1. The van der Waals surface area contributed by atoms with Crippen LogP contribution in [0, 0.1) is 24.0 Å². The lowest BCUT2D eigenvalue weighted by Gasteiger charge is -2.10. The maximum atomic E-state index is 12.2. The smallest absolute Gasteiger partial charge is 0.271 e. The highest BCUT2D eigenvalue weighted by Crippen LogP contribution is 2.20. The topological polar surface area (TPSA) is 89.5 Å². The maximum absolute atomic E-state index is 12.2. The van der Waals surface area contributed by atoms with E-state index in [1.807, 2.05) is 19.9 Å². The largest absolute Gasteiger partial charge is 0.318 e. The summed E-state index contributed by atoms with van der Waals surface area (Å²) in [6, 6.07) is 15.9. The highest BCUT2D eigenvalue weighted by atomic mass is 16.6. The van der Waals surface area contributed by atoms with Crippen LogP contribution in [0.1, 0.15) is 39.8 Å². The highest BCUT2D eigenvalue weighted by Gasteiger charge is 2.12. The molecule has 0 spiro atoms. The molecule has 0 saturated heterocycles. The fraction of sp³-hybridized carbons (Fsp3) is 0.182. The van der Waals surface area contributed by atoms with Crippen molar-refractivity contribution in [3.05, 3.63) is 92.8 Å². The minimum absolute atomic E-state index is 0.140. The van der Waals surface area contributed by atoms with Gasteiger partial charge in [0, 0.05) is 40.3 Å². The van der Waals surface area contributed by atoms with Crippen LogP contribution in [0.4, 0.5) is 5.69 Å². The Morgan fingerprint density at radius 3 is 2.55 bits per heavy atom. The Kier molecular flexibility index (Phi) is 5.87. The van der Waals surface area contributed by atoms with Gasteiger partial charge in [0.05, 0.1) is 11.1 Å². The van der Waals surface area contributed by atoms with Gasteiger partial charge in [0.2, 0.25) is 0 Å². The zero-order chi connectivity index (χ0) is 21.0. The van der Waals surface area contributed by atoms with Crippen LogP contribution in [0.3, 0.4) is 0 Å². The van der Waals surface area contributed by atoms with E-state index < -0.39 is 10.8 Å². The van der Waals surface area contributed by atoms with Crippen LogP contribution in [0.15, 0.2) is 59.7 Å². The Hall–Kier alpha value is -3.74. The monoisotopic (exact) mass is 390 g/mol. The number of rotatable bonds is 6. The van der Waals surface area contributed by atoms with Crippen LogP contribution in [-0.4, -0.2) is 21.6 Å². The molecule has 0 aliphatic rings. The molecule has 29 heavy (non-hydrogen) atoms. The van der Waals surface area contributed by atoms with Gasteiger partial charge in [-0.15, -0.1) is 0 Å². The summed E-state index contributed by atoms with van der Waals surface area (Å²) in [5.74, 6) is -0.506. The summed E-state index contributed by atoms with van der Waals surface area (Å²) in [6.45, 7) is 6.13. The number of aromatic nitrogens is 1. The fourth-order valence-electron chi connectivity index (χ4n) is 3.18. The molecular weight excluding hydrogens is 368 g/mol. The van der Waals surface area contributed by atoms with E-state index in [0.717, 1.165) is 29.1 Å². The summed E-state index contributed by atoms with van der Waals surface area (Å²) in [7, 11) is 0. The van der Waals surface area contributed by atoms with E-state index in [1.165, 1.54) is 29.8 Å². The summed E-state index contributed by atoms with van der Waals surface area (Å²) < 4.78 is 2.13. The van der Waals surface area contributed by atoms with Gasteiger partial charge in [0.25, 0.3) is 11.6 Å². The van der Waals surface area contributed by atoms with Gasteiger partial charge in [-0.2, -0.15) is 5.10 Å². The molecule has 3 rings (SSSR count). The molecule has 2 aromatic carbocycles. The number of carbonyl (C=O) groups excluding carboxylic acids is 1. The van der Waals surface area contributed by atoms with Crippen molar-refractivity contribution in [3.63, 3.8) is 0 Å². The minimum Gasteiger partial charge on any atom is -0.318 e. The number of benzene rings is 2. The van der Waals surface area contributed by atoms with Gasteiger partial charge in [-0.3, -0.25) is 14.9 Å². The summed E-state index contributed by atoms with van der Waals surface area (Å²) in [6.07, 6.45) is 2.57. The number of nitro benzene ring substituents is 1. The molecule has 0 atom stereocenters. The molecule has 0 unspecified atom stereocenters. The van der Waals surface area contributed by atoms with Crippen molar-refractivity contribution in [2.45, 2.75) is 27.2 Å². The van der Waals surface area contributed by atoms with Gasteiger partial charge < -0.3 is 4.57 Å². The van der Waals surface area contributed by atoms with E-state index in [2.05, 4.69) is 46.3 Å². The van der Waals surface area contributed by atoms with E-state index >= 15 is 0 Å². The van der Waals surface area contributed by atoms with Crippen LogP contribution >= 0.6 is 0 Å². The number of hydrazone groups is 1. The van der Waals surface area contributed by atoms with Gasteiger partial charge in [-0.25, -0.2) is 5.43 Å². The van der Waals surface area contributed by atoms with Crippen LogP contribution in [0.2, 0.25) is 0 Å². The summed E-state index contributed by atoms with van der Waals surface area (Å²) in [5, 5.41) is 14.9. The van der Waals surface area contributed by atoms with Gasteiger partial charge >= 0.3 is 0 Å². The maximum Gasteiger partial charge on any atom is 0.271 e. The van der Waals surface area contributed by atoms with Crippen molar-refractivity contribution in [1.82, 2.24) is 9.99 Å². The molecule has 0 radical (unpaired) electrons. The van der Waals surface area contributed by atoms with Gasteiger partial charge in [-0.05, 0) is 50.1 Å². The van der Waals surface area contributed by atoms with E-state index in [-0.39, 0.29) is 11.3 Å². The Labute approximate surface area is 168 Å². The number of hydrogen-bond acceptors (Lipinski definition) is 4. The van der Waals surface area contributed by atoms with E-state index in [0.29, 0.717) is 0 Å².